The zero-order chi connectivity index (χ0) is 20.9. The first-order chi connectivity index (χ1) is 13.9. The third-order valence-electron chi connectivity index (χ3n) is 5.19. The van der Waals surface area contributed by atoms with Crippen molar-refractivity contribution >= 4 is 15.9 Å². The number of hydrogen-bond donors (Lipinski definition) is 1. The molecule has 1 saturated heterocycles. The minimum atomic E-state index is -3.75. The predicted octanol–water partition coefficient (Wildman–Crippen LogP) is 2.27. The Balaban J connectivity index is 1.73. The summed E-state index contributed by atoms with van der Waals surface area (Å²) in [6.45, 7) is 3.63. The Morgan fingerprint density at radius 2 is 2.17 bits per heavy atom. The van der Waals surface area contributed by atoms with Gasteiger partial charge in [-0.05, 0) is 44.4 Å². The maximum atomic E-state index is 13.2. The largest absolute Gasteiger partial charge is 0.495 e. The summed E-state index contributed by atoms with van der Waals surface area (Å²) in [4.78, 5) is 16.6. The number of aryl methyl sites for hydroxylation is 1. The molecule has 1 aromatic heterocycles. The number of piperidine rings is 1. The molecule has 1 fully saturated rings. The van der Waals surface area contributed by atoms with Crippen LogP contribution in [0.1, 0.15) is 43.0 Å². The van der Waals surface area contributed by atoms with Crippen molar-refractivity contribution in [3.63, 3.8) is 0 Å². The Kier molecular flexibility index (Phi) is 6.92. The van der Waals surface area contributed by atoms with Crippen LogP contribution >= 0.6 is 0 Å². The minimum Gasteiger partial charge on any atom is -0.495 e. The van der Waals surface area contributed by atoms with Gasteiger partial charge in [0.1, 0.15) is 10.6 Å². The fraction of sp³-hybridized carbons (Fsp3) is 0.500. The zero-order valence-electron chi connectivity index (χ0n) is 16.9. The van der Waals surface area contributed by atoms with Gasteiger partial charge in [-0.1, -0.05) is 6.42 Å². The molecule has 158 valence electrons. The van der Waals surface area contributed by atoms with Crippen LogP contribution in [0.25, 0.3) is 0 Å². The fourth-order valence-electron chi connectivity index (χ4n) is 3.56. The number of benzene rings is 1. The number of amides is 1. The molecule has 2 heterocycles. The van der Waals surface area contributed by atoms with Gasteiger partial charge in [0.05, 0.1) is 13.4 Å². The van der Waals surface area contributed by atoms with Gasteiger partial charge in [-0.15, -0.1) is 0 Å². The summed E-state index contributed by atoms with van der Waals surface area (Å²) in [5.41, 5.74) is 0.302. The van der Waals surface area contributed by atoms with E-state index in [0.717, 1.165) is 32.2 Å². The first-order valence-electron chi connectivity index (χ1n) is 9.87. The Bertz CT molecular complexity index is 928. The van der Waals surface area contributed by atoms with Crippen molar-refractivity contribution in [2.45, 2.75) is 50.1 Å². The van der Waals surface area contributed by atoms with Gasteiger partial charge in [-0.25, -0.2) is 13.4 Å². The summed E-state index contributed by atoms with van der Waals surface area (Å²) in [5.74, 6) is -0.0548. The van der Waals surface area contributed by atoms with E-state index in [0.29, 0.717) is 18.7 Å². The molecule has 2 aromatic rings. The van der Waals surface area contributed by atoms with Crippen LogP contribution in [0.5, 0.6) is 5.75 Å². The number of nitrogens with zero attached hydrogens (tertiary/aromatic N) is 3. The van der Waals surface area contributed by atoms with Crippen molar-refractivity contribution in [2.75, 3.05) is 20.2 Å². The maximum absolute atomic E-state index is 13.2. The molecular weight excluding hydrogens is 392 g/mol. The lowest BCUT2D eigenvalue weighted by molar-refractivity contribution is 0.0952. The molecule has 8 nitrogen and oxygen atoms in total. The maximum Gasteiger partial charge on any atom is 0.251 e. The van der Waals surface area contributed by atoms with Crippen molar-refractivity contribution in [3.05, 3.63) is 42.5 Å². The van der Waals surface area contributed by atoms with Gasteiger partial charge >= 0.3 is 0 Å². The highest BCUT2D eigenvalue weighted by Gasteiger charge is 2.33. The van der Waals surface area contributed by atoms with E-state index in [4.69, 9.17) is 4.74 Å². The van der Waals surface area contributed by atoms with E-state index in [9.17, 15) is 13.2 Å². The molecule has 0 radical (unpaired) electrons. The van der Waals surface area contributed by atoms with E-state index in [-0.39, 0.29) is 22.6 Å². The van der Waals surface area contributed by atoms with Crippen LogP contribution in [0.3, 0.4) is 0 Å². The van der Waals surface area contributed by atoms with Gasteiger partial charge in [0, 0.05) is 43.6 Å². The fourth-order valence-corrected chi connectivity index (χ4v) is 5.44. The van der Waals surface area contributed by atoms with Crippen molar-refractivity contribution in [1.82, 2.24) is 19.2 Å². The standard InChI is InChI=1S/C20H28N4O4S/c1-16-6-3-4-12-24(16)29(26,27)19-14-17(7-8-18(19)28-2)20(25)22-9-5-11-23-13-10-21-15-23/h7-8,10,13-16H,3-6,9,11-12H2,1-2H3,(H,22,25). The van der Waals surface area contributed by atoms with Crippen molar-refractivity contribution in [3.8, 4) is 5.75 Å². The van der Waals surface area contributed by atoms with Gasteiger partial charge in [0.2, 0.25) is 10.0 Å². The number of methoxy groups -OCH3 is 1. The zero-order valence-corrected chi connectivity index (χ0v) is 17.7. The number of hydrogen-bond acceptors (Lipinski definition) is 5. The van der Waals surface area contributed by atoms with E-state index >= 15 is 0 Å². The van der Waals surface area contributed by atoms with Crippen LogP contribution in [0, 0.1) is 0 Å². The van der Waals surface area contributed by atoms with Crippen LogP contribution in [0.4, 0.5) is 0 Å². The topological polar surface area (TPSA) is 93.5 Å². The third-order valence-corrected chi connectivity index (χ3v) is 7.23. The average Bonchev–Trinajstić information content (AvgIpc) is 3.24. The molecule has 1 aliphatic rings. The summed E-state index contributed by atoms with van der Waals surface area (Å²) in [7, 11) is -2.31. The Morgan fingerprint density at radius 1 is 1.34 bits per heavy atom. The summed E-state index contributed by atoms with van der Waals surface area (Å²) < 4.78 is 35.2. The number of aromatic nitrogens is 2. The molecule has 0 aliphatic carbocycles. The van der Waals surface area contributed by atoms with E-state index in [1.165, 1.54) is 17.5 Å². The molecule has 0 saturated carbocycles. The van der Waals surface area contributed by atoms with Crippen molar-refractivity contribution < 1.29 is 17.9 Å². The number of rotatable bonds is 8. The molecule has 1 aromatic carbocycles. The van der Waals surface area contributed by atoms with Gasteiger partial charge in [0.25, 0.3) is 5.91 Å². The molecule has 9 heteroatoms. The summed E-state index contributed by atoms with van der Waals surface area (Å²) in [6, 6.07) is 4.48. The van der Waals surface area contributed by atoms with E-state index < -0.39 is 10.0 Å². The van der Waals surface area contributed by atoms with Crippen LogP contribution in [-0.4, -0.2) is 54.4 Å². The SMILES string of the molecule is COc1ccc(C(=O)NCCCn2ccnc2)cc1S(=O)(=O)N1CCCCC1C. The summed E-state index contributed by atoms with van der Waals surface area (Å²) in [6.07, 6.45) is 8.73. The normalized spacial score (nSPS) is 17.8. The summed E-state index contributed by atoms with van der Waals surface area (Å²) in [5, 5.41) is 2.84. The van der Waals surface area contributed by atoms with Crippen LogP contribution < -0.4 is 10.1 Å². The molecule has 29 heavy (non-hydrogen) atoms. The Hall–Kier alpha value is -2.39. The molecule has 0 spiro atoms. The Labute approximate surface area is 171 Å². The van der Waals surface area contributed by atoms with Gasteiger partial charge in [0.15, 0.2) is 0 Å². The number of nitrogens with one attached hydrogen (secondary N) is 1. The molecular formula is C20H28N4O4S. The first kappa shape index (κ1) is 21.3. The lowest BCUT2D eigenvalue weighted by Gasteiger charge is -2.32. The van der Waals surface area contributed by atoms with Crippen molar-refractivity contribution in [2.24, 2.45) is 0 Å². The smallest absolute Gasteiger partial charge is 0.251 e. The molecule has 3 rings (SSSR count). The number of imidazole rings is 1. The van der Waals surface area contributed by atoms with Crippen LogP contribution in [0.15, 0.2) is 41.8 Å². The minimum absolute atomic E-state index is 0.0415. The molecule has 1 atom stereocenters. The highest BCUT2D eigenvalue weighted by atomic mass is 32.2. The Morgan fingerprint density at radius 3 is 2.86 bits per heavy atom. The summed E-state index contributed by atoms with van der Waals surface area (Å²) >= 11 is 0. The average molecular weight is 421 g/mol. The van der Waals surface area contributed by atoms with E-state index in [2.05, 4.69) is 10.3 Å². The molecule has 1 aliphatic heterocycles. The predicted molar refractivity (Wildman–Crippen MR) is 109 cm³/mol. The molecule has 0 bridgehead atoms. The molecule has 1 amide bonds. The van der Waals surface area contributed by atoms with Gasteiger partial charge in [-0.3, -0.25) is 4.79 Å². The monoisotopic (exact) mass is 420 g/mol. The number of carbonyl (C=O) groups is 1. The molecule has 1 N–H and O–H groups in total. The van der Waals surface area contributed by atoms with Crippen LogP contribution in [-0.2, 0) is 16.6 Å². The van der Waals surface area contributed by atoms with Gasteiger partial charge < -0.3 is 14.6 Å². The molecule has 1 unspecified atom stereocenters. The first-order valence-corrected chi connectivity index (χ1v) is 11.3. The van der Waals surface area contributed by atoms with Gasteiger partial charge in [-0.2, -0.15) is 4.31 Å². The second-order valence-corrected chi connectivity index (χ2v) is 9.10. The quantitative estimate of drug-likeness (QED) is 0.661. The lowest BCUT2D eigenvalue weighted by Crippen LogP contribution is -2.42. The van der Waals surface area contributed by atoms with Crippen molar-refractivity contribution in [1.29, 1.82) is 0 Å². The second kappa shape index (κ2) is 9.41. The highest BCUT2D eigenvalue weighted by Crippen LogP contribution is 2.31. The highest BCUT2D eigenvalue weighted by molar-refractivity contribution is 7.89. The van der Waals surface area contributed by atoms with Crippen LogP contribution in [0.2, 0.25) is 0 Å². The lowest BCUT2D eigenvalue weighted by atomic mass is 10.1. The second-order valence-electron chi connectivity index (χ2n) is 7.24. The number of ether oxygens (including phenoxy) is 1. The third kappa shape index (κ3) is 4.97. The number of sulfonamides is 1. The van der Waals surface area contributed by atoms with E-state index in [1.807, 2.05) is 17.7 Å². The van der Waals surface area contributed by atoms with E-state index in [1.54, 1.807) is 24.7 Å². The number of carbonyl (C=O) groups excluding carboxylic acids is 1.